The van der Waals surface area contributed by atoms with Crippen LogP contribution < -0.4 is 10.1 Å². The second-order valence-electron chi connectivity index (χ2n) is 6.79. The highest BCUT2D eigenvalue weighted by Gasteiger charge is 2.32. The molecule has 118 valence electrons. The smallest absolute Gasteiger partial charge is 0.122 e. The van der Waals surface area contributed by atoms with E-state index >= 15 is 0 Å². The van der Waals surface area contributed by atoms with Crippen LogP contribution in [-0.4, -0.2) is 20.2 Å². The molecular formula is C19H31NO. The summed E-state index contributed by atoms with van der Waals surface area (Å²) < 4.78 is 5.73. The summed E-state index contributed by atoms with van der Waals surface area (Å²) in [5, 5.41) is 3.56. The lowest BCUT2D eigenvalue weighted by atomic mass is 9.70. The van der Waals surface area contributed by atoms with Crippen LogP contribution in [-0.2, 0) is 0 Å². The number of rotatable bonds is 5. The van der Waals surface area contributed by atoms with Crippen molar-refractivity contribution in [2.24, 2.45) is 11.8 Å². The number of aryl methyl sites for hydroxylation is 2. The second-order valence-corrected chi connectivity index (χ2v) is 6.79. The van der Waals surface area contributed by atoms with Gasteiger partial charge in [0.25, 0.3) is 0 Å². The van der Waals surface area contributed by atoms with Gasteiger partial charge in [-0.2, -0.15) is 0 Å². The minimum atomic E-state index is 0.628. The number of methoxy groups -OCH3 is 1. The third-order valence-electron chi connectivity index (χ3n) is 5.00. The van der Waals surface area contributed by atoms with E-state index in [9.17, 15) is 0 Å². The molecule has 3 atom stereocenters. The highest BCUT2D eigenvalue weighted by Crippen LogP contribution is 2.45. The second kappa shape index (κ2) is 7.31. The molecule has 0 bridgehead atoms. The molecule has 0 spiro atoms. The van der Waals surface area contributed by atoms with Crippen LogP contribution in [0.1, 0.15) is 55.7 Å². The summed E-state index contributed by atoms with van der Waals surface area (Å²) in [7, 11) is 1.81. The Bertz CT molecular complexity index is 467. The number of ether oxygens (including phenoxy) is 1. The van der Waals surface area contributed by atoms with Crippen molar-refractivity contribution in [3.05, 3.63) is 28.8 Å². The van der Waals surface area contributed by atoms with E-state index in [1.54, 1.807) is 0 Å². The molecule has 1 aliphatic rings. The van der Waals surface area contributed by atoms with Gasteiger partial charge in [-0.05, 0) is 74.7 Å². The SMILES string of the molecule is CCNCC1CCC(C)CC1c1c(C)cc(C)cc1OC. The lowest BCUT2D eigenvalue weighted by Crippen LogP contribution is -2.32. The van der Waals surface area contributed by atoms with E-state index in [1.165, 1.54) is 36.0 Å². The molecule has 0 saturated heterocycles. The van der Waals surface area contributed by atoms with Crippen LogP contribution >= 0.6 is 0 Å². The Balaban J connectivity index is 2.35. The number of hydrogen-bond donors (Lipinski definition) is 1. The summed E-state index contributed by atoms with van der Waals surface area (Å²) in [5.41, 5.74) is 4.14. The number of hydrogen-bond acceptors (Lipinski definition) is 2. The van der Waals surface area contributed by atoms with Crippen LogP contribution in [0.3, 0.4) is 0 Å². The first-order chi connectivity index (χ1) is 10.1. The van der Waals surface area contributed by atoms with Gasteiger partial charge in [-0.3, -0.25) is 0 Å². The summed E-state index contributed by atoms with van der Waals surface area (Å²) in [6.45, 7) is 11.2. The van der Waals surface area contributed by atoms with Crippen molar-refractivity contribution in [2.75, 3.05) is 20.2 Å². The molecule has 21 heavy (non-hydrogen) atoms. The monoisotopic (exact) mass is 289 g/mol. The van der Waals surface area contributed by atoms with Crippen LogP contribution in [0.5, 0.6) is 5.75 Å². The zero-order valence-corrected chi connectivity index (χ0v) is 14.3. The van der Waals surface area contributed by atoms with Crippen molar-refractivity contribution in [3.8, 4) is 5.75 Å². The average Bonchev–Trinajstić information content (AvgIpc) is 2.45. The summed E-state index contributed by atoms with van der Waals surface area (Å²) in [5.74, 6) is 3.27. The minimum absolute atomic E-state index is 0.628. The average molecular weight is 289 g/mol. The molecule has 2 heteroatoms. The van der Waals surface area contributed by atoms with Crippen LogP contribution in [0, 0.1) is 25.7 Å². The lowest BCUT2D eigenvalue weighted by Gasteiger charge is -2.37. The first-order valence-corrected chi connectivity index (χ1v) is 8.42. The molecule has 1 aromatic rings. The van der Waals surface area contributed by atoms with E-state index in [-0.39, 0.29) is 0 Å². The molecule has 1 N–H and O–H groups in total. The van der Waals surface area contributed by atoms with E-state index in [0.29, 0.717) is 5.92 Å². The Hall–Kier alpha value is -1.02. The molecule has 0 aliphatic heterocycles. The maximum absolute atomic E-state index is 5.73. The summed E-state index contributed by atoms with van der Waals surface area (Å²) in [6.07, 6.45) is 3.98. The van der Waals surface area contributed by atoms with Crippen molar-refractivity contribution < 1.29 is 4.74 Å². The standard InChI is InChI=1S/C19H31NO/c1-6-20-12-16-8-7-13(2)10-17(16)19-15(4)9-14(3)11-18(19)21-5/h9,11,13,16-17,20H,6-8,10,12H2,1-5H3. The Morgan fingerprint density at radius 3 is 2.67 bits per heavy atom. The molecule has 1 aromatic carbocycles. The van der Waals surface area contributed by atoms with E-state index in [0.717, 1.165) is 30.7 Å². The van der Waals surface area contributed by atoms with Gasteiger partial charge in [-0.25, -0.2) is 0 Å². The van der Waals surface area contributed by atoms with Crippen molar-refractivity contribution in [1.29, 1.82) is 0 Å². The van der Waals surface area contributed by atoms with E-state index in [2.05, 4.69) is 45.1 Å². The maximum Gasteiger partial charge on any atom is 0.122 e. The van der Waals surface area contributed by atoms with Crippen LogP contribution in [0.4, 0.5) is 0 Å². The number of benzene rings is 1. The fraction of sp³-hybridized carbons (Fsp3) is 0.684. The molecular weight excluding hydrogens is 258 g/mol. The van der Waals surface area contributed by atoms with Gasteiger partial charge in [0, 0.05) is 5.56 Å². The summed E-state index contributed by atoms with van der Waals surface area (Å²) in [4.78, 5) is 0. The van der Waals surface area contributed by atoms with Gasteiger partial charge in [0.15, 0.2) is 0 Å². The van der Waals surface area contributed by atoms with Gasteiger partial charge < -0.3 is 10.1 Å². The molecule has 0 amide bonds. The van der Waals surface area contributed by atoms with Gasteiger partial charge in [0.05, 0.1) is 7.11 Å². The Morgan fingerprint density at radius 2 is 2.00 bits per heavy atom. The number of nitrogens with one attached hydrogen (secondary N) is 1. The lowest BCUT2D eigenvalue weighted by molar-refractivity contribution is 0.237. The fourth-order valence-corrected chi connectivity index (χ4v) is 3.96. The van der Waals surface area contributed by atoms with E-state index in [1.807, 2.05) is 7.11 Å². The molecule has 1 fully saturated rings. The minimum Gasteiger partial charge on any atom is -0.496 e. The maximum atomic E-state index is 5.73. The quantitative estimate of drug-likeness (QED) is 0.865. The molecule has 2 nitrogen and oxygen atoms in total. The zero-order valence-electron chi connectivity index (χ0n) is 14.3. The van der Waals surface area contributed by atoms with Crippen molar-refractivity contribution >= 4 is 0 Å². The van der Waals surface area contributed by atoms with Crippen molar-refractivity contribution in [3.63, 3.8) is 0 Å². The third kappa shape index (κ3) is 3.79. The summed E-state index contributed by atoms with van der Waals surface area (Å²) >= 11 is 0. The normalized spacial score (nSPS) is 25.9. The van der Waals surface area contributed by atoms with Crippen molar-refractivity contribution in [2.45, 2.75) is 52.9 Å². The molecule has 2 rings (SSSR count). The van der Waals surface area contributed by atoms with Crippen LogP contribution in [0.2, 0.25) is 0 Å². The van der Waals surface area contributed by atoms with Gasteiger partial charge in [-0.15, -0.1) is 0 Å². The highest BCUT2D eigenvalue weighted by atomic mass is 16.5. The Morgan fingerprint density at radius 1 is 1.24 bits per heavy atom. The van der Waals surface area contributed by atoms with E-state index < -0.39 is 0 Å². The zero-order chi connectivity index (χ0) is 15.4. The predicted molar refractivity (Wildman–Crippen MR) is 90.3 cm³/mol. The van der Waals surface area contributed by atoms with Gasteiger partial charge in [0.1, 0.15) is 5.75 Å². The molecule has 1 aliphatic carbocycles. The molecule has 0 radical (unpaired) electrons. The van der Waals surface area contributed by atoms with Gasteiger partial charge >= 0.3 is 0 Å². The van der Waals surface area contributed by atoms with Crippen LogP contribution in [0.15, 0.2) is 12.1 Å². The largest absolute Gasteiger partial charge is 0.496 e. The Labute approximate surface area is 130 Å². The third-order valence-corrected chi connectivity index (χ3v) is 5.00. The molecule has 3 unspecified atom stereocenters. The van der Waals surface area contributed by atoms with Crippen LogP contribution in [0.25, 0.3) is 0 Å². The van der Waals surface area contributed by atoms with Gasteiger partial charge in [0.2, 0.25) is 0 Å². The Kier molecular flexibility index (Phi) is 5.69. The highest BCUT2D eigenvalue weighted by molar-refractivity contribution is 5.46. The van der Waals surface area contributed by atoms with E-state index in [4.69, 9.17) is 4.74 Å². The molecule has 0 aromatic heterocycles. The topological polar surface area (TPSA) is 21.3 Å². The fourth-order valence-electron chi connectivity index (χ4n) is 3.96. The molecule has 0 heterocycles. The first-order valence-electron chi connectivity index (χ1n) is 8.42. The predicted octanol–water partition coefficient (Wildman–Crippen LogP) is 4.44. The first kappa shape index (κ1) is 16.4. The molecule has 1 saturated carbocycles. The summed E-state index contributed by atoms with van der Waals surface area (Å²) in [6, 6.07) is 4.51. The van der Waals surface area contributed by atoms with Crippen molar-refractivity contribution in [1.82, 2.24) is 5.32 Å². The van der Waals surface area contributed by atoms with Gasteiger partial charge in [-0.1, -0.05) is 26.3 Å².